The van der Waals surface area contributed by atoms with Gasteiger partial charge in [0, 0.05) is 12.6 Å². The molecule has 0 aliphatic heterocycles. The van der Waals surface area contributed by atoms with Gasteiger partial charge < -0.3 is 5.73 Å². The molecule has 0 heterocycles. The zero-order valence-electron chi connectivity index (χ0n) is 13.0. The van der Waals surface area contributed by atoms with E-state index in [1.165, 1.54) is 6.07 Å². The van der Waals surface area contributed by atoms with Gasteiger partial charge in [-0.25, -0.2) is 17.5 Å². The summed E-state index contributed by atoms with van der Waals surface area (Å²) in [5.74, 6) is -0.610. The van der Waals surface area contributed by atoms with Crippen molar-refractivity contribution in [2.45, 2.75) is 25.9 Å². The van der Waals surface area contributed by atoms with Gasteiger partial charge in [0.15, 0.2) is 0 Å². The summed E-state index contributed by atoms with van der Waals surface area (Å²) in [6.45, 7) is 2.17. The third kappa shape index (κ3) is 5.74. The van der Waals surface area contributed by atoms with Crippen LogP contribution < -0.4 is 10.5 Å². The van der Waals surface area contributed by atoms with Crippen molar-refractivity contribution in [1.82, 2.24) is 4.72 Å². The monoisotopic (exact) mass is 336 g/mol. The number of hydrogen-bond donors (Lipinski definition) is 2. The molecular formula is C17H21FN2O2S. The number of benzene rings is 2. The number of hydrogen-bond acceptors (Lipinski definition) is 3. The molecule has 0 aromatic heterocycles. The van der Waals surface area contributed by atoms with Crippen LogP contribution in [-0.2, 0) is 23.0 Å². The number of halogens is 1. The maximum Gasteiger partial charge on any atom is 0.213 e. The molecule has 3 N–H and O–H groups in total. The minimum atomic E-state index is -3.52. The second-order valence-corrected chi connectivity index (χ2v) is 7.50. The lowest BCUT2D eigenvalue weighted by atomic mass is 10.1. The SMILES string of the molecule is Cc1cccc(CNS(=O)(=O)C[C@H](N)Cc2ccccc2F)c1. The Kier molecular flexibility index (Phi) is 5.87. The highest BCUT2D eigenvalue weighted by molar-refractivity contribution is 7.89. The van der Waals surface area contributed by atoms with Crippen LogP contribution in [0, 0.1) is 12.7 Å². The topological polar surface area (TPSA) is 72.2 Å². The van der Waals surface area contributed by atoms with Gasteiger partial charge in [-0.1, -0.05) is 48.0 Å². The molecule has 0 radical (unpaired) electrons. The molecular weight excluding hydrogens is 315 g/mol. The van der Waals surface area contributed by atoms with Crippen LogP contribution in [0.5, 0.6) is 0 Å². The first-order valence-electron chi connectivity index (χ1n) is 7.37. The molecule has 0 saturated carbocycles. The van der Waals surface area contributed by atoms with Gasteiger partial charge in [-0.3, -0.25) is 0 Å². The van der Waals surface area contributed by atoms with Crippen LogP contribution in [0.25, 0.3) is 0 Å². The first-order chi connectivity index (χ1) is 10.9. The Balaban J connectivity index is 1.91. The van der Waals surface area contributed by atoms with Gasteiger partial charge in [0.25, 0.3) is 0 Å². The van der Waals surface area contributed by atoms with Crippen molar-refractivity contribution in [3.05, 3.63) is 71.0 Å². The summed E-state index contributed by atoms with van der Waals surface area (Å²) in [6, 6.07) is 13.2. The molecule has 1 atom stereocenters. The van der Waals surface area contributed by atoms with E-state index in [0.717, 1.165) is 11.1 Å². The molecule has 0 bridgehead atoms. The van der Waals surface area contributed by atoms with Crippen molar-refractivity contribution < 1.29 is 12.8 Å². The van der Waals surface area contributed by atoms with Crippen LogP contribution in [0.1, 0.15) is 16.7 Å². The average Bonchev–Trinajstić information content (AvgIpc) is 2.47. The molecule has 4 nitrogen and oxygen atoms in total. The number of nitrogens with one attached hydrogen (secondary N) is 1. The van der Waals surface area contributed by atoms with Gasteiger partial charge in [-0.15, -0.1) is 0 Å². The second-order valence-electron chi connectivity index (χ2n) is 5.65. The van der Waals surface area contributed by atoms with Gasteiger partial charge >= 0.3 is 0 Å². The van der Waals surface area contributed by atoms with Crippen molar-refractivity contribution >= 4 is 10.0 Å². The van der Waals surface area contributed by atoms with E-state index in [4.69, 9.17) is 5.73 Å². The van der Waals surface area contributed by atoms with Crippen molar-refractivity contribution in [3.8, 4) is 0 Å². The van der Waals surface area contributed by atoms with E-state index in [0.29, 0.717) is 5.56 Å². The molecule has 0 spiro atoms. The van der Waals surface area contributed by atoms with Gasteiger partial charge in [-0.2, -0.15) is 0 Å². The lowest BCUT2D eigenvalue weighted by Crippen LogP contribution is -2.37. The third-order valence-electron chi connectivity index (χ3n) is 3.45. The molecule has 0 saturated heterocycles. The van der Waals surface area contributed by atoms with Gasteiger partial charge in [0.2, 0.25) is 10.0 Å². The minimum Gasteiger partial charge on any atom is -0.326 e. The zero-order valence-corrected chi connectivity index (χ0v) is 13.8. The smallest absolute Gasteiger partial charge is 0.213 e. The Bertz CT molecular complexity index is 763. The molecule has 124 valence electrons. The molecule has 23 heavy (non-hydrogen) atoms. The van der Waals surface area contributed by atoms with Crippen molar-refractivity contribution in [1.29, 1.82) is 0 Å². The predicted octanol–water partition coefficient (Wildman–Crippen LogP) is 2.12. The Morgan fingerprint density at radius 2 is 1.91 bits per heavy atom. The first kappa shape index (κ1) is 17.6. The van der Waals surface area contributed by atoms with E-state index in [-0.39, 0.29) is 24.5 Å². The number of nitrogens with two attached hydrogens (primary N) is 1. The van der Waals surface area contributed by atoms with Crippen LogP contribution in [-0.4, -0.2) is 20.2 Å². The summed E-state index contributed by atoms with van der Waals surface area (Å²) in [5.41, 5.74) is 8.25. The van der Waals surface area contributed by atoms with Crippen molar-refractivity contribution in [2.24, 2.45) is 5.73 Å². The largest absolute Gasteiger partial charge is 0.326 e. The van der Waals surface area contributed by atoms with Crippen molar-refractivity contribution in [2.75, 3.05) is 5.75 Å². The van der Waals surface area contributed by atoms with E-state index in [9.17, 15) is 12.8 Å². The fourth-order valence-corrected chi connectivity index (χ4v) is 3.55. The molecule has 0 aliphatic carbocycles. The molecule has 6 heteroatoms. The normalized spacial score (nSPS) is 13.0. The van der Waals surface area contributed by atoms with E-state index < -0.39 is 16.1 Å². The Morgan fingerprint density at radius 3 is 2.61 bits per heavy atom. The van der Waals surface area contributed by atoms with Crippen LogP contribution in [0.4, 0.5) is 4.39 Å². The van der Waals surface area contributed by atoms with E-state index in [1.807, 2.05) is 31.2 Å². The first-order valence-corrected chi connectivity index (χ1v) is 9.03. The van der Waals surface area contributed by atoms with E-state index in [2.05, 4.69) is 4.72 Å². The fourth-order valence-electron chi connectivity index (χ4n) is 2.36. The molecule has 0 fully saturated rings. The number of rotatable bonds is 7. The summed E-state index contributed by atoms with van der Waals surface area (Å²) < 4.78 is 40.3. The van der Waals surface area contributed by atoms with Gasteiger partial charge in [-0.05, 0) is 30.5 Å². The van der Waals surface area contributed by atoms with Crippen LogP contribution in [0.15, 0.2) is 48.5 Å². The highest BCUT2D eigenvalue weighted by Crippen LogP contribution is 2.09. The van der Waals surface area contributed by atoms with Gasteiger partial charge in [0.05, 0.1) is 5.75 Å². The maximum absolute atomic E-state index is 13.6. The Hall–Kier alpha value is -1.76. The lowest BCUT2D eigenvalue weighted by Gasteiger charge is -2.13. The molecule has 0 aliphatic rings. The molecule has 2 aromatic carbocycles. The van der Waals surface area contributed by atoms with Crippen LogP contribution in [0.3, 0.4) is 0 Å². The standard InChI is InChI=1S/C17H21FN2O2S/c1-13-5-4-6-14(9-13)11-20-23(21,22)12-16(19)10-15-7-2-3-8-17(15)18/h2-9,16,20H,10-12,19H2,1H3/t16-/m1/s1. The van der Waals surface area contributed by atoms with Crippen LogP contribution in [0.2, 0.25) is 0 Å². The Labute approximate surface area is 136 Å². The maximum atomic E-state index is 13.6. The fraction of sp³-hybridized carbons (Fsp3) is 0.294. The molecule has 0 amide bonds. The Morgan fingerprint density at radius 1 is 1.17 bits per heavy atom. The number of aryl methyl sites for hydroxylation is 1. The lowest BCUT2D eigenvalue weighted by molar-refractivity contribution is 0.564. The summed E-state index contributed by atoms with van der Waals surface area (Å²) in [4.78, 5) is 0. The summed E-state index contributed by atoms with van der Waals surface area (Å²) in [7, 11) is -3.52. The second kappa shape index (κ2) is 7.68. The highest BCUT2D eigenvalue weighted by Gasteiger charge is 2.17. The molecule has 2 rings (SSSR count). The summed E-state index contributed by atoms with van der Waals surface area (Å²) in [6.07, 6.45) is 0.179. The third-order valence-corrected chi connectivity index (χ3v) is 4.90. The summed E-state index contributed by atoms with van der Waals surface area (Å²) in [5, 5.41) is 0. The minimum absolute atomic E-state index is 0.179. The van der Waals surface area contributed by atoms with Gasteiger partial charge in [0.1, 0.15) is 5.82 Å². The van der Waals surface area contributed by atoms with Crippen LogP contribution >= 0.6 is 0 Å². The quantitative estimate of drug-likeness (QED) is 0.813. The average molecular weight is 336 g/mol. The molecule has 2 aromatic rings. The highest BCUT2D eigenvalue weighted by atomic mass is 32.2. The molecule has 0 unspecified atom stereocenters. The summed E-state index contributed by atoms with van der Waals surface area (Å²) >= 11 is 0. The van der Waals surface area contributed by atoms with E-state index >= 15 is 0 Å². The predicted molar refractivity (Wildman–Crippen MR) is 89.9 cm³/mol. The van der Waals surface area contributed by atoms with Crippen molar-refractivity contribution in [3.63, 3.8) is 0 Å². The van der Waals surface area contributed by atoms with E-state index in [1.54, 1.807) is 18.2 Å². The zero-order chi connectivity index (χ0) is 16.9. The number of sulfonamides is 1.